The van der Waals surface area contributed by atoms with E-state index in [1.165, 1.54) is 0 Å². The molecule has 2 aromatic rings. The maximum absolute atomic E-state index is 11.9. The largest absolute Gasteiger partial charge is 0.496 e. The van der Waals surface area contributed by atoms with Crippen LogP contribution in [0.15, 0.2) is 48.5 Å². The Morgan fingerprint density at radius 3 is 2.14 bits per heavy atom. The van der Waals surface area contributed by atoms with Crippen LogP contribution in [0.4, 0.5) is 0 Å². The summed E-state index contributed by atoms with van der Waals surface area (Å²) in [6.07, 6.45) is 0. The minimum Gasteiger partial charge on any atom is -0.496 e. The van der Waals surface area contributed by atoms with E-state index >= 15 is 0 Å². The summed E-state index contributed by atoms with van der Waals surface area (Å²) >= 11 is 0. The van der Waals surface area contributed by atoms with Gasteiger partial charge in [-0.05, 0) is 12.1 Å². The van der Waals surface area contributed by atoms with Crippen molar-refractivity contribution in [2.75, 3.05) is 27.4 Å². The lowest BCUT2D eigenvalue weighted by Crippen LogP contribution is -2.28. The van der Waals surface area contributed by atoms with Gasteiger partial charge in [-0.25, -0.2) is 0 Å². The summed E-state index contributed by atoms with van der Waals surface area (Å²) in [5, 5.41) is 2.80. The van der Waals surface area contributed by atoms with E-state index < -0.39 is 0 Å². The number of carbonyl (C=O) groups excluding carboxylic acids is 1. The molecule has 0 atom stereocenters. The smallest absolute Gasteiger partial charge is 0.251 e. The summed E-state index contributed by atoms with van der Waals surface area (Å²) in [4.78, 5) is 11.9. The summed E-state index contributed by atoms with van der Waals surface area (Å²) in [6, 6.07) is 14.4. The van der Waals surface area contributed by atoms with Gasteiger partial charge in [-0.1, -0.05) is 18.2 Å². The third kappa shape index (κ3) is 4.41. The highest BCUT2D eigenvalue weighted by molar-refractivity contribution is 5.94. The Morgan fingerprint density at radius 1 is 0.955 bits per heavy atom. The molecule has 22 heavy (non-hydrogen) atoms. The normalized spacial score (nSPS) is 9.91. The van der Waals surface area contributed by atoms with Gasteiger partial charge in [-0.3, -0.25) is 4.79 Å². The number of amides is 1. The molecule has 116 valence electrons. The molecular formula is C17H19NO4. The summed E-state index contributed by atoms with van der Waals surface area (Å²) in [6.45, 7) is 0.766. The first-order valence-electron chi connectivity index (χ1n) is 6.92. The van der Waals surface area contributed by atoms with E-state index in [2.05, 4.69) is 5.32 Å². The van der Waals surface area contributed by atoms with E-state index in [0.29, 0.717) is 36.0 Å². The maximum atomic E-state index is 11.9. The van der Waals surface area contributed by atoms with E-state index in [4.69, 9.17) is 14.2 Å². The second kappa shape index (κ2) is 7.93. The van der Waals surface area contributed by atoms with Gasteiger partial charge in [0.25, 0.3) is 5.91 Å². The Labute approximate surface area is 129 Å². The van der Waals surface area contributed by atoms with Crippen molar-refractivity contribution in [3.8, 4) is 17.2 Å². The molecule has 0 fully saturated rings. The Kier molecular flexibility index (Phi) is 5.65. The number of rotatable bonds is 7. The van der Waals surface area contributed by atoms with E-state index in [-0.39, 0.29) is 5.91 Å². The van der Waals surface area contributed by atoms with Crippen molar-refractivity contribution in [1.29, 1.82) is 0 Å². The van der Waals surface area contributed by atoms with E-state index in [1.807, 2.05) is 18.2 Å². The summed E-state index contributed by atoms with van der Waals surface area (Å²) in [5.41, 5.74) is 0.630. The topological polar surface area (TPSA) is 56.8 Å². The first-order valence-corrected chi connectivity index (χ1v) is 6.92. The molecule has 1 amide bonds. The van der Waals surface area contributed by atoms with Gasteiger partial charge in [0, 0.05) is 23.8 Å². The molecule has 0 saturated heterocycles. The van der Waals surface area contributed by atoms with Crippen LogP contribution in [0.3, 0.4) is 0 Å². The first kappa shape index (κ1) is 15.7. The van der Waals surface area contributed by atoms with Gasteiger partial charge in [-0.15, -0.1) is 0 Å². The highest BCUT2D eigenvalue weighted by Gasteiger charge is 2.05. The van der Waals surface area contributed by atoms with Gasteiger partial charge >= 0.3 is 0 Å². The van der Waals surface area contributed by atoms with Gasteiger partial charge < -0.3 is 19.5 Å². The number of hydrogen-bond donors (Lipinski definition) is 1. The second-order valence-electron chi connectivity index (χ2n) is 4.52. The quantitative estimate of drug-likeness (QED) is 0.798. The van der Waals surface area contributed by atoms with Gasteiger partial charge in [0.15, 0.2) is 0 Å². The predicted octanol–water partition coefficient (Wildman–Crippen LogP) is 2.51. The standard InChI is InChI=1S/C17H19NO4/c1-20-14-10-15(21-2)12-16(11-14)22-9-8-18-17(19)13-6-4-3-5-7-13/h3-7,10-12H,8-9H2,1-2H3,(H,18,19). The number of ether oxygens (including phenoxy) is 3. The van der Waals surface area contributed by atoms with Crippen molar-refractivity contribution >= 4 is 5.91 Å². The van der Waals surface area contributed by atoms with Crippen LogP contribution in [0, 0.1) is 0 Å². The highest BCUT2D eigenvalue weighted by atomic mass is 16.5. The molecule has 2 rings (SSSR count). The Bertz CT molecular complexity index is 591. The number of hydrogen-bond acceptors (Lipinski definition) is 4. The van der Waals surface area contributed by atoms with E-state index in [0.717, 1.165) is 0 Å². The van der Waals surface area contributed by atoms with Gasteiger partial charge in [-0.2, -0.15) is 0 Å². The van der Waals surface area contributed by atoms with Crippen LogP contribution in [0.25, 0.3) is 0 Å². The Balaban J connectivity index is 1.83. The predicted molar refractivity (Wildman–Crippen MR) is 83.8 cm³/mol. The van der Waals surface area contributed by atoms with Crippen LogP contribution in [0.1, 0.15) is 10.4 Å². The van der Waals surface area contributed by atoms with Gasteiger partial charge in [0.05, 0.1) is 20.8 Å². The third-order valence-corrected chi connectivity index (χ3v) is 3.02. The van der Waals surface area contributed by atoms with Crippen LogP contribution < -0.4 is 19.5 Å². The number of carbonyl (C=O) groups is 1. The number of methoxy groups -OCH3 is 2. The molecule has 1 N–H and O–H groups in total. The van der Waals surface area contributed by atoms with Crippen molar-refractivity contribution in [2.45, 2.75) is 0 Å². The maximum Gasteiger partial charge on any atom is 0.251 e. The van der Waals surface area contributed by atoms with Gasteiger partial charge in [0.2, 0.25) is 0 Å². The van der Waals surface area contributed by atoms with Crippen LogP contribution in [0.5, 0.6) is 17.2 Å². The average molecular weight is 301 g/mol. The molecule has 0 bridgehead atoms. The molecule has 0 aliphatic rings. The number of nitrogens with one attached hydrogen (secondary N) is 1. The third-order valence-electron chi connectivity index (χ3n) is 3.02. The number of benzene rings is 2. The molecule has 0 aromatic heterocycles. The monoisotopic (exact) mass is 301 g/mol. The minimum atomic E-state index is -0.118. The fraction of sp³-hybridized carbons (Fsp3) is 0.235. The zero-order valence-electron chi connectivity index (χ0n) is 12.7. The SMILES string of the molecule is COc1cc(OC)cc(OCCNC(=O)c2ccccc2)c1. The van der Waals surface area contributed by atoms with Crippen molar-refractivity contribution in [3.63, 3.8) is 0 Å². The molecule has 5 nitrogen and oxygen atoms in total. The van der Waals surface area contributed by atoms with E-state index in [9.17, 15) is 4.79 Å². The lowest BCUT2D eigenvalue weighted by Gasteiger charge is -2.11. The molecule has 0 spiro atoms. The molecule has 5 heteroatoms. The molecule has 0 saturated carbocycles. The molecule has 0 aliphatic heterocycles. The highest BCUT2D eigenvalue weighted by Crippen LogP contribution is 2.27. The summed E-state index contributed by atoms with van der Waals surface area (Å²) in [5.74, 6) is 1.82. The van der Waals surface area contributed by atoms with Gasteiger partial charge in [0.1, 0.15) is 23.9 Å². The van der Waals surface area contributed by atoms with Crippen LogP contribution in [0.2, 0.25) is 0 Å². The molecule has 0 aliphatic carbocycles. The molecule has 0 radical (unpaired) electrons. The lowest BCUT2D eigenvalue weighted by molar-refractivity contribution is 0.0947. The molecule has 0 unspecified atom stereocenters. The molecular weight excluding hydrogens is 282 g/mol. The molecule has 0 heterocycles. The lowest BCUT2D eigenvalue weighted by atomic mass is 10.2. The Morgan fingerprint density at radius 2 is 1.55 bits per heavy atom. The van der Waals surface area contributed by atoms with E-state index in [1.54, 1.807) is 44.6 Å². The van der Waals surface area contributed by atoms with Crippen molar-refractivity contribution in [3.05, 3.63) is 54.1 Å². The minimum absolute atomic E-state index is 0.118. The Hall–Kier alpha value is -2.69. The van der Waals surface area contributed by atoms with Crippen molar-refractivity contribution < 1.29 is 19.0 Å². The van der Waals surface area contributed by atoms with Crippen LogP contribution in [-0.4, -0.2) is 33.3 Å². The zero-order chi connectivity index (χ0) is 15.8. The first-order chi connectivity index (χ1) is 10.7. The van der Waals surface area contributed by atoms with Crippen LogP contribution in [-0.2, 0) is 0 Å². The zero-order valence-corrected chi connectivity index (χ0v) is 12.7. The average Bonchev–Trinajstić information content (AvgIpc) is 2.58. The summed E-state index contributed by atoms with van der Waals surface area (Å²) in [7, 11) is 3.16. The summed E-state index contributed by atoms with van der Waals surface area (Å²) < 4.78 is 15.9. The van der Waals surface area contributed by atoms with Crippen molar-refractivity contribution in [2.24, 2.45) is 0 Å². The second-order valence-corrected chi connectivity index (χ2v) is 4.52. The van der Waals surface area contributed by atoms with Crippen molar-refractivity contribution in [1.82, 2.24) is 5.32 Å². The fourth-order valence-electron chi connectivity index (χ4n) is 1.89. The van der Waals surface area contributed by atoms with Crippen LogP contribution >= 0.6 is 0 Å². The molecule has 2 aromatic carbocycles. The fourth-order valence-corrected chi connectivity index (χ4v) is 1.89.